The molecule has 0 heterocycles. The summed E-state index contributed by atoms with van der Waals surface area (Å²) in [5.74, 6) is 1.07. The van der Waals surface area contributed by atoms with Gasteiger partial charge in [-0.15, -0.1) is 0 Å². The Balaban J connectivity index is 3.42. The number of hydrogen-bond acceptors (Lipinski definition) is 5. The van der Waals surface area contributed by atoms with E-state index in [-0.39, 0.29) is 25.2 Å². The third kappa shape index (κ3) is 29.5. The molecule has 0 aliphatic heterocycles. The molecule has 0 bridgehead atoms. The summed E-state index contributed by atoms with van der Waals surface area (Å²) >= 11 is 0. The molecule has 0 aliphatic carbocycles. The van der Waals surface area contributed by atoms with E-state index in [1.807, 2.05) is 0 Å². The van der Waals surface area contributed by atoms with Gasteiger partial charge in [-0.3, -0.25) is 9.59 Å². The van der Waals surface area contributed by atoms with Crippen LogP contribution in [0.1, 0.15) is 169 Å². The lowest BCUT2D eigenvalue weighted by Crippen LogP contribution is -2.25. The molecule has 5 heteroatoms. The Morgan fingerprint density at radius 1 is 0.474 bits per heavy atom. The molecular formula is C33H64O5. The van der Waals surface area contributed by atoms with Crippen LogP contribution in [0.5, 0.6) is 0 Å². The van der Waals surface area contributed by atoms with Crippen molar-refractivity contribution in [3.63, 3.8) is 0 Å². The van der Waals surface area contributed by atoms with Crippen LogP contribution < -0.4 is 0 Å². The predicted octanol–water partition coefficient (Wildman–Crippen LogP) is 9.33. The number of aliphatic hydroxyl groups excluding tert-OH is 1. The molecule has 0 rings (SSSR count). The number of carbonyl (C=O) groups excluding carboxylic acids is 2. The first-order valence-electron chi connectivity index (χ1n) is 16.3. The maximum Gasteiger partial charge on any atom is 0.305 e. The number of carbonyl (C=O) groups is 2. The largest absolute Gasteiger partial charge is 0.463 e. The monoisotopic (exact) mass is 540 g/mol. The maximum absolute atomic E-state index is 11.9. The highest BCUT2D eigenvalue weighted by atomic mass is 16.6. The fourth-order valence-electron chi connectivity index (χ4n) is 4.69. The lowest BCUT2D eigenvalue weighted by atomic mass is 10.0. The van der Waals surface area contributed by atoms with E-state index in [4.69, 9.17) is 9.47 Å². The molecule has 0 unspecified atom stereocenters. The fraction of sp³-hybridized carbons (Fsp3) is 0.939. The van der Waals surface area contributed by atoms with Crippen LogP contribution in [0.25, 0.3) is 0 Å². The number of unbranched alkanes of at least 4 members (excludes halogenated alkanes) is 16. The van der Waals surface area contributed by atoms with Gasteiger partial charge in [-0.25, -0.2) is 0 Å². The van der Waals surface area contributed by atoms with E-state index in [1.165, 1.54) is 96.3 Å². The summed E-state index contributed by atoms with van der Waals surface area (Å²) in [5.41, 5.74) is 0. The maximum atomic E-state index is 11.9. The van der Waals surface area contributed by atoms with Crippen LogP contribution in [0.4, 0.5) is 0 Å². The number of rotatable bonds is 28. The Kier molecular flexibility index (Phi) is 26.7. The number of ether oxygens (including phenoxy) is 2. The van der Waals surface area contributed by atoms with Gasteiger partial charge in [0.2, 0.25) is 0 Å². The van der Waals surface area contributed by atoms with E-state index >= 15 is 0 Å². The van der Waals surface area contributed by atoms with Crippen LogP contribution in [-0.4, -0.2) is 36.4 Å². The molecule has 0 spiro atoms. The highest BCUT2D eigenvalue weighted by Crippen LogP contribution is 2.15. The molecule has 1 atom stereocenters. The van der Waals surface area contributed by atoms with Crippen molar-refractivity contribution in [2.75, 3.05) is 13.2 Å². The minimum absolute atomic E-state index is 0.111. The van der Waals surface area contributed by atoms with Crippen LogP contribution in [-0.2, 0) is 19.1 Å². The van der Waals surface area contributed by atoms with Crippen molar-refractivity contribution in [2.24, 2.45) is 11.8 Å². The van der Waals surface area contributed by atoms with E-state index in [0.29, 0.717) is 12.8 Å². The van der Waals surface area contributed by atoms with E-state index in [0.717, 1.165) is 43.9 Å². The Labute approximate surface area is 236 Å². The highest BCUT2D eigenvalue weighted by molar-refractivity contribution is 5.69. The molecule has 0 aliphatic rings. The van der Waals surface area contributed by atoms with Gasteiger partial charge in [-0.2, -0.15) is 0 Å². The van der Waals surface area contributed by atoms with E-state index in [9.17, 15) is 14.7 Å². The zero-order valence-corrected chi connectivity index (χ0v) is 25.8. The first-order chi connectivity index (χ1) is 18.3. The van der Waals surface area contributed by atoms with Crippen LogP contribution in [0.3, 0.4) is 0 Å². The quantitative estimate of drug-likeness (QED) is 0.0790. The predicted molar refractivity (Wildman–Crippen MR) is 159 cm³/mol. The lowest BCUT2D eigenvalue weighted by Gasteiger charge is -2.12. The van der Waals surface area contributed by atoms with Crippen molar-refractivity contribution in [2.45, 2.75) is 175 Å². The molecule has 226 valence electrons. The minimum atomic E-state index is -0.955. The Morgan fingerprint density at radius 3 is 1.03 bits per heavy atom. The lowest BCUT2D eigenvalue weighted by molar-refractivity contribution is -0.152. The van der Waals surface area contributed by atoms with E-state index in [2.05, 4.69) is 27.7 Å². The van der Waals surface area contributed by atoms with Crippen molar-refractivity contribution >= 4 is 11.9 Å². The zero-order valence-electron chi connectivity index (χ0n) is 25.8. The normalized spacial score (nSPS) is 12.3. The summed E-state index contributed by atoms with van der Waals surface area (Å²) in [5, 5.41) is 9.93. The molecule has 5 nitrogen and oxygen atoms in total. The second-order valence-corrected chi connectivity index (χ2v) is 12.2. The van der Waals surface area contributed by atoms with Crippen molar-refractivity contribution < 1.29 is 24.2 Å². The van der Waals surface area contributed by atoms with Gasteiger partial charge in [0.05, 0.1) is 0 Å². The van der Waals surface area contributed by atoms with Gasteiger partial charge in [-0.1, -0.05) is 143 Å². The summed E-state index contributed by atoms with van der Waals surface area (Å²) in [4.78, 5) is 23.7. The molecule has 0 amide bonds. The molecule has 0 aromatic heterocycles. The average molecular weight is 541 g/mol. The topological polar surface area (TPSA) is 72.8 Å². The summed E-state index contributed by atoms with van der Waals surface area (Å²) in [6.07, 6.45) is 24.4. The van der Waals surface area contributed by atoms with Gasteiger partial charge in [0, 0.05) is 12.8 Å². The Bertz CT molecular complexity index is 531. The molecule has 0 aromatic rings. The molecule has 1 N–H and O–H groups in total. The van der Waals surface area contributed by atoms with Crippen LogP contribution in [0.2, 0.25) is 0 Å². The van der Waals surface area contributed by atoms with Crippen LogP contribution in [0.15, 0.2) is 0 Å². The molecule has 0 aromatic carbocycles. The van der Waals surface area contributed by atoms with Crippen LogP contribution in [0, 0.1) is 11.8 Å². The molecule has 0 radical (unpaired) electrons. The number of hydrogen-bond donors (Lipinski definition) is 1. The first kappa shape index (κ1) is 36.9. The fourth-order valence-corrected chi connectivity index (χ4v) is 4.69. The second kappa shape index (κ2) is 27.5. The van der Waals surface area contributed by atoms with Gasteiger partial charge >= 0.3 is 11.9 Å². The van der Waals surface area contributed by atoms with E-state index < -0.39 is 6.10 Å². The summed E-state index contributed by atoms with van der Waals surface area (Å²) < 4.78 is 10.3. The third-order valence-corrected chi connectivity index (χ3v) is 7.20. The van der Waals surface area contributed by atoms with Gasteiger partial charge in [0.15, 0.2) is 0 Å². The van der Waals surface area contributed by atoms with Crippen molar-refractivity contribution in [1.82, 2.24) is 0 Å². The molecule has 0 fully saturated rings. The van der Waals surface area contributed by atoms with Crippen molar-refractivity contribution in [3.05, 3.63) is 0 Å². The smallest absolute Gasteiger partial charge is 0.305 e. The van der Waals surface area contributed by atoms with Crippen LogP contribution >= 0.6 is 0 Å². The second-order valence-electron chi connectivity index (χ2n) is 12.2. The Morgan fingerprint density at radius 2 is 0.737 bits per heavy atom. The van der Waals surface area contributed by atoms with Gasteiger partial charge in [0.25, 0.3) is 0 Å². The Hall–Kier alpha value is -1.10. The SMILES string of the molecule is CC(C)CCCCCCCCCCCCCC(=O)OC[C@@H](O)COC(=O)CCCCCCCCCC(C)C. The summed E-state index contributed by atoms with van der Waals surface area (Å²) in [7, 11) is 0. The summed E-state index contributed by atoms with van der Waals surface area (Å²) in [6.45, 7) is 8.92. The number of esters is 2. The number of aliphatic hydroxyl groups is 1. The molecular weight excluding hydrogens is 476 g/mol. The molecule has 0 saturated carbocycles. The van der Waals surface area contributed by atoms with Crippen molar-refractivity contribution in [1.29, 1.82) is 0 Å². The highest BCUT2D eigenvalue weighted by Gasteiger charge is 2.12. The van der Waals surface area contributed by atoms with E-state index in [1.54, 1.807) is 0 Å². The average Bonchev–Trinajstić information content (AvgIpc) is 2.87. The van der Waals surface area contributed by atoms with Gasteiger partial charge in [-0.05, 0) is 24.7 Å². The van der Waals surface area contributed by atoms with Gasteiger partial charge < -0.3 is 14.6 Å². The first-order valence-corrected chi connectivity index (χ1v) is 16.3. The summed E-state index contributed by atoms with van der Waals surface area (Å²) in [6, 6.07) is 0. The van der Waals surface area contributed by atoms with Crippen molar-refractivity contribution in [3.8, 4) is 0 Å². The molecule has 0 saturated heterocycles. The van der Waals surface area contributed by atoms with Gasteiger partial charge in [0.1, 0.15) is 19.3 Å². The third-order valence-electron chi connectivity index (χ3n) is 7.20. The molecule has 38 heavy (non-hydrogen) atoms. The minimum Gasteiger partial charge on any atom is -0.463 e. The zero-order chi connectivity index (χ0) is 28.3. The standard InChI is InChI=1S/C33H64O5/c1-29(2)23-19-15-11-8-6-5-7-9-13-17-21-25-32(35)37-27-31(34)28-38-33(36)26-22-18-14-10-12-16-20-24-30(3)4/h29-31,34H,5-28H2,1-4H3/t31-/m1/s1.